The molecule has 2 aromatic heterocycles. The fraction of sp³-hybridized carbons (Fsp3) is 0.500. The molecule has 0 aromatic carbocycles. The van der Waals surface area contributed by atoms with Gasteiger partial charge in [-0.1, -0.05) is 5.16 Å². The van der Waals surface area contributed by atoms with Gasteiger partial charge in [0.25, 0.3) is 0 Å². The molecular weight excluding hydrogens is 290 g/mol. The van der Waals surface area contributed by atoms with Crippen molar-refractivity contribution >= 4 is 10.0 Å². The summed E-state index contributed by atoms with van der Waals surface area (Å²) in [5.41, 5.74) is 1.77. The number of hydrogen-bond donors (Lipinski definition) is 0. The van der Waals surface area contributed by atoms with Crippen molar-refractivity contribution in [2.75, 3.05) is 6.54 Å². The molecule has 3 heterocycles. The Bertz CT molecular complexity index is 745. The molecule has 0 atom stereocenters. The topological polar surface area (TPSA) is 68.3 Å². The van der Waals surface area contributed by atoms with Gasteiger partial charge >= 0.3 is 0 Å². The molecule has 2 aromatic rings. The van der Waals surface area contributed by atoms with Crippen LogP contribution in [0.2, 0.25) is 0 Å². The molecule has 1 saturated carbocycles. The summed E-state index contributed by atoms with van der Waals surface area (Å²) in [6, 6.07) is 3.91. The van der Waals surface area contributed by atoms with Gasteiger partial charge in [0.1, 0.15) is 11.5 Å². The molecule has 1 fully saturated rings. The summed E-state index contributed by atoms with van der Waals surface area (Å²) in [5, 5.41) is 3.97. The van der Waals surface area contributed by atoms with Crippen molar-refractivity contribution < 1.29 is 12.9 Å². The summed E-state index contributed by atoms with van der Waals surface area (Å²) >= 11 is 0. The summed E-state index contributed by atoms with van der Waals surface area (Å²) in [4.78, 5) is 0. The van der Waals surface area contributed by atoms with Gasteiger partial charge in [0.2, 0.25) is 10.0 Å². The third-order valence-electron chi connectivity index (χ3n) is 4.18. The SMILES string of the molecule is O=S(=O)(C1CC1)N1CCc2onc(Cn3cccc3)c2C1. The smallest absolute Gasteiger partial charge is 0.217 e. The fourth-order valence-electron chi connectivity index (χ4n) is 2.81. The minimum atomic E-state index is -3.13. The quantitative estimate of drug-likeness (QED) is 0.855. The van der Waals surface area contributed by atoms with Gasteiger partial charge in [-0.05, 0) is 25.0 Å². The van der Waals surface area contributed by atoms with Crippen molar-refractivity contribution in [1.29, 1.82) is 0 Å². The van der Waals surface area contributed by atoms with Crippen molar-refractivity contribution in [2.24, 2.45) is 0 Å². The fourth-order valence-corrected chi connectivity index (χ4v) is 4.61. The largest absolute Gasteiger partial charge is 0.361 e. The molecule has 0 amide bonds. The van der Waals surface area contributed by atoms with Crippen molar-refractivity contribution in [1.82, 2.24) is 14.0 Å². The molecule has 6 nitrogen and oxygen atoms in total. The molecule has 1 aliphatic carbocycles. The molecule has 2 aliphatic rings. The van der Waals surface area contributed by atoms with E-state index in [1.54, 1.807) is 4.31 Å². The second kappa shape index (κ2) is 4.71. The zero-order chi connectivity index (χ0) is 14.4. The highest BCUT2D eigenvalue weighted by atomic mass is 32.2. The molecule has 0 bridgehead atoms. The molecule has 4 rings (SSSR count). The van der Waals surface area contributed by atoms with Crippen LogP contribution in [0.1, 0.15) is 29.9 Å². The first kappa shape index (κ1) is 13.1. The van der Waals surface area contributed by atoms with E-state index in [1.807, 2.05) is 29.1 Å². The van der Waals surface area contributed by atoms with E-state index in [-0.39, 0.29) is 5.25 Å². The third-order valence-corrected chi connectivity index (χ3v) is 6.52. The Hall–Kier alpha value is -1.60. The van der Waals surface area contributed by atoms with Crippen LogP contribution in [0.25, 0.3) is 0 Å². The Labute approximate surface area is 123 Å². The number of nitrogens with zero attached hydrogens (tertiary/aromatic N) is 3. The van der Waals surface area contributed by atoms with Crippen LogP contribution in [0.5, 0.6) is 0 Å². The Balaban J connectivity index is 1.60. The van der Waals surface area contributed by atoms with E-state index < -0.39 is 10.0 Å². The van der Waals surface area contributed by atoms with Gasteiger partial charge in [-0.3, -0.25) is 0 Å². The molecule has 1 aliphatic heterocycles. The van der Waals surface area contributed by atoms with Crippen LogP contribution in [0.3, 0.4) is 0 Å². The Morgan fingerprint density at radius 1 is 1.29 bits per heavy atom. The van der Waals surface area contributed by atoms with E-state index in [4.69, 9.17) is 4.52 Å². The molecule has 112 valence electrons. The van der Waals surface area contributed by atoms with Gasteiger partial charge in [0.05, 0.1) is 11.8 Å². The van der Waals surface area contributed by atoms with Gasteiger partial charge in [-0.15, -0.1) is 0 Å². The Morgan fingerprint density at radius 2 is 2.05 bits per heavy atom. The second-order valence-electron chi connectivity index (χ2n) is 5.71. The van der Waals surface area contributed by atoms with Crippen LogP contribution in [0.15, 0.2) is 29.0 Å². The number of aromatic nitrogens is 2. The number of fused-ring (bicyclic) bond motifs is 1. The lowest BCUT2D eigenvalue weighted by atomic mass is 10.1. The minimum Gasteiger partial charge on any atom is -0.361 e. The monoisotopic (exact) mass is 307 g/mol. The predicted octanol–water partition coefficient (Wildman–Crippen LogP) is 1.37. The first-order valence-electron chi connectivity index (χ1n) is 7.20. The minimum absolute atomic E-state index is 0.160. The van der Waals surface area contributed by atoms with Crippen molar-refractivity contribution in [3.05, 3.63) is 41.5 Å². The highest BCUT2D eigenvalue weighted by molar-refractivity contribution is 7.90. The van der Waals surface area contributed by atoms with Crippen LogP contribution in [-0.4, -0.2) is 34.2 Å². The summed E-state index contributed by atoms with van der Waals surface area (Å²) in [6.45, 7) is 1.52. The van der Waals surface area contributed by atoms with E-state index in [0.29, 0.717) is 26.1 Å². The molecular formula is C14H17N3O3S. The number of rotatable bonds is 4. The Morgan fingerprint density at radius 3 is 2.76 bits per heavy atom. The zero-order valence-corrected chi connectivity index (χ0v) is 12.4. The zero-order valence-electron chi connectivity index (χ0n) is 11.6. The standard InChI is InChI=1S/C14H17N3O3S/c18-21(19,11-3-4-11)17-8-5-14-12(9-17)13(15-20-14)10-16-6-1-2-7-16/h1-2,6-7,11H,3-5,8-10H2. The van der Waals surface area contributed by atoms with Crippen molar-refractivity contribution in [3.63, 3.8) is 0 Å². The average Bonchev–Trinajstić information content (AvgIpc) is 3.10. The van der Waals surface area contributed by atoms with Crippen LogP contribution in [-0.2, 0) is 29.5 Å². The normalized spacial score (nSPS) is 19.6. The summed E-state index contributed by atoms with van der Waals surface area (Å²) < 4.78 is 33.8. The summed E-state index contributed by atoms with van der Waals surface area (Å²) in [7, 11) is -3.13. The van der Waals surface area contributed by atoms with Gasteiger partial charge in [0.15, 0.2) is 0 Å². The molecule has 0 spiro atoms. The highest BCUT2D eigenvalue weighted by Gasteiger charge is 2.42. The first-order chi connectivity index (χ1) is 10.1. The van der Waals surface area contributed by atoms with Gasteiger partial charge < -0.3 is 9.09 Å². The summed E-state index contributed by atoms with van der Waals surface area (Å²) in [5.74, 6) is 0.833. The van der Waals surface area contributed by atoms with Gasteiger partial charge in [-0.25, -0.2) is 8.42 Å². The lowest BCUT2D eigenvalue weighted by molar-refractivity contribution is 0.330. The van der Waals surface area contributed by atoms with E-state index in [1.165, 1.54) is 0 Å². The maximum absolute atomic E-state index is 12.4. The van der Waals surface area contributed by atoms with E-state index in [0.717, 1.165) is 29.9 Å². The van der Waals surface area contributed by atoms with Gasteiger partial charge in [-0.2, -0.15) is 4.31 Å². The maximum atomic E-state index is 12.4. The molecule has 21 heavy (non-hydrogen) atoms. The molecule has 0 unspecified atom stereocenters. The van der Waals surface area contributed by atoms with E-state index in [9.17, 15) is 8.42 Å². The van der Waals surface area contributed by atoms with Crippen molar-refractivity contribution in [2.45, 2.75) is 37.6 Å². The van der Waals surface area contributed by atoms with E-state index >= 15 is 0 Å². The van der Waals surface area contributed by atoms with Crippen LogP contribution in [0.4, 0.5) is 0 Å². The highest BCUT2D eigenvalue weighted by Crippen LogP contribution is 2.34. The van der Waals surface area contributed by atoms with Crippen LogP contribution < -0.4 is 0 Å². The van der Waals surface area contributed by atoms with E-state index in [2.05, 4.69) is 5.16 Å². The van der Waals surface area contributed by atoms with Gasteiger partial charge in [0, 0.05) is 37.5 Å². The first-order valence-corrected chi connectivity index (χ1v) is 8.71. The second-order valence-corrected chi connectivity index (χ2v) is 7.93. The Kier molecular flexibility index (Phi) is 2.93. The lowest BCUT2D eigenvalue weighted by Gasteiger charge is -2.25. The molecule has 0 radical (unpaired) electrons. The van der Waals surface area contributed by atoms with Crippen LogP contribution >= 0.6 is 0 Å². The summed E-state index contributed by atoms with van der Waals surface area (Å²) in [6.07, 6.45) is 6.13. The maximum Gasteiger partial charge on any atom is 0.217 e. The molecule has 0 N–H and O–H groups in total. The molecule has 7 heteroatoms. The number of sulfonamides is 1. The molecule has 0 saturated heterocycles. The predicted molar refractivity (Wildman–Crippen MR) is 76.1 cm³/mol. The third kappa shape index (κ3) is 2.30. The van der Waals surface area contributed by atoms with Crippen molar-refractivity contribution in [3.8, 4) is 0 Å². The van der Waals surface area contributed by atoms with Crippen LogP contribution in [0, 0.1) is 0 Å². The number of hydrogen-bond acceptors (Lipinski definition) is 4. The average molecular weight is 307 g/mol. The lowest BCUT2D eigenvalue weighted by Crippen LogP contribution is -2.38.